The van der Waals surface area contributed by atoms with Gasteiger partial charge in [-0.15, -0.1) is 0 Å². The summed E-state index contributed by atoms with van der Waals surface area (Å²) in [4.78, 5) is 0. The van der Waals surface area contributed by atoms with Crippen molar-refractivity contribution in [2.75, 3.05) is 32.5 Å². The van der Waals surface area contributed by atoms with E-state index in [0.29, 0.717) is 0 Å². The predicted molar refractivity (Wildman–Crippen MR) is 48.4 cm³/mol. The first-order valence-electron chi connectivity index (χ1n) is 4.02. The van der Waals surface area contributed by atoms with Gasteiger partial charge in [-0.25, -0.2) is 0 Å². The summed E-state index contributed by atoms with van der Waals surface area (Å²) < 4.78 is 1.23. The first-order chi connectivity index (χ1) is 4.64. The normalized spacial score (nSPS) is 26.7. The van der Waals surface area contributed by atoms with Crippen LogP contribution in [-0.2, 0) is 0 Å². The predicted octanol–water partition coefficient (Wildman–Crippen LogP) is 1.87. The number of rotatable bonds is 1. The fourth-order valence-corrected chi connectivity index (χ4v) is 2.12. The second-order valence-electron chi connectivity index (χ2n) is 3.98. The van der Waals surface area contributed by atoms with Crippen molar-refractivity contribution in [1.29, 1.82) is 0 Å². The minimum atomic E-state index is 0.950. The van der Waals surface area contributed by atoms with Crippen molar-refractivity contribution in [2.45, 2.75) is 12.8 Å². The Kier molecular flexibility index (Phi) is 2.75. The van der Waals surface area contributed by atoms with Gasteiger partial charge >= 0.3 is 0 Å². The lowest BCUT2D eigenvalue weighted by Crippen LogP contribution is -2.46. The SMILES string of the molecule is C[N+]1(C)CCC(CBr)CC1. The number of hydrogen-bond acceptors (Lipinski definition) is 0. The smallest absolute Gasteiger partial charge is 0.0785 e. The van der Waals surface area contributed by atoms with Crippen molar-refractivity contribution >= 4 is 15.9 Å². The zero-order chi connectivity index (χ0) is 7.61. The lowest BCUT2D eigenvalue weighted by Gasteiger charge is -2.36. The van der Waals surface area contributed by atoms with Gasteiger partial charge in [0.1, 0.15) is 0 Å². The van der Waals surface area contributed by atoms with Crippen LogP contribution in [0.25, 0.3) is 0 Å². The van der Waals surface area contributed by atoms with Crippen LogP contribution in [0, 0.1) is 5.92 Å². The Morgan fingerprint density at radius 3 is 2.20 bits per heavy atom. The number of quaternary nitrogens is 1. The molecule has 0 bridgehead atoms. The zero-order valence-electron chi connectivity index (χ0n) is 6.94. The number of alkyl halides is 1. The largest absolute Gasteiger partial charge is 0.328 e. The molecule has 1 nitrogen and oxygen atoms in total. The molecule has 60 valence electrons. The monoisotopic (exact) mass is 206 g/mol. The summed E-state index contributed by atoms with van der Waals surface area (Å²) in [6.07, 6.45) is 2.80. The molecular formula is C8H17BrN+. The Labute approximate surface area is 72.1 Å². The second-order valence-corrected chi connectivity index (χ2v) is 4.63. The molecule has 0 saturated carbocycles. The molecular weight excluding hydrogens is 190 g/mol. The molecule has 0 aromatic carbocycles. The van der Waals surface area contributed by atoms with Crippen LogP contribution < -0.4 is 0 Å². The average molecular weight is 207 g/mol. The van der Waals surface area contributed by atoms with E-state index in [2.05, 4.69) is 30.0 Å². The van der Waals surface area contributed by atoms with Crippen molar-refractivity contribution in [3.63, 3.8) is 0 Å². The van der Waals surface area contributed by atoms with E-state index in [1.54, 1.807) is 0 Å². The van der Waals surface area contributed by atoms with Gasteiger partial charge < -0.3 is 4.48 Å². The van der Waals surface area contributed by atoms with E-state index >= 15 is 0 Å². The lowest BCUT2D eigenvalue weighted by atomic mass is 9.98. The minimum absolute atomic E-state index is 0.950. The molecule has 1 fully saturated rings. The van der Waals surface area contributed by atoms with Gasteiger partial charge in [0.2, 0.25) is 0 Å². The van der Waals surface area contributed by atoms with Gasteiger partial charge in [-0.1, -0.05) is 15.9 Å². The lowest BCUT2D eigenvalue weighted by molar-refractivity contribution is -0.896. The first kappa shape index (κ1) is 8.54. The fraction of sp³-hybridized carbons (Fsp3) is 1.00. The van der Waals surface area contributed by atoms with Crippen LogP contribution in [0.3, 0.4) is 0 Å². The molecule has 1 heterocycles. The zero-order valence-corrected chi connectivity index (χ0v) is 8.52. The maximum absolute atomic E-state index is 3.54. The van der Waals surface area contributed by atoms with E-state index < -0.39 is 0 Å². The van der Waals surface area contributed by atoms with Crippen molar-refractivity contribution in [3.05, 3.63) is 0 Å². The second kappa shape index (κ2) is 3.22. The topological polar surface area (TPSA) is 0 Å². The van der Waals surface area contributed by atoms with E-state index in [1.807, 2.05) is 0 Å². The van der Waals surface area contributed by atoms with Crippen LogP contribution in [0.4, 0.5) is 0 Å². The van der Waals surface area contributed by atoms with Crippen molar-refractivity contribution in [2.24, 2.45) is 5.92 Å². The van der Waals surface area contributed by atoms with Gasteiger partial charge in [-0.3, -0.25) is 0 Å². The Balaban J connectivity index is 2.31. The molecule has 0 unspecified atom stereocenters. The summed E-state index contributed by atoms with van der Waals surface area (Å²) in [5.74, 6) is 0.950. The standard InChI is InChI=1S/C8H17BrN/c1-10(2)5-3-8(7-9)4-6-10/h8H,3-7H2,1-2H3/q+1. The third-order valence-electron chi connectivity index (χ3n) is 2.50. The highest BCUT2D eigenvalue weighted by atomic mass is 79.9. The summed E-state index contributed by atoms with van der Waals surface area (Å²) in [7, 11) is 4.65. The highest BCUT2D eigenvalue weighted by molar-refractivity contribution is 9.09. The van der Waals surface area contributed by atoms with Crippen molar-refractivity contribution < 1.29 is 4.48 Å². The van der Waals surface area contributed by atoms with Crippen LogP contribution in [0.1, 0.15) is 12.8 Å². The Hall–Kier alpha value is 0.440. The van der Waals surface area contributed by atoms with E-state index in [0.717, 1.165) is 5.92 Å². The maximum Gasteiger partial charge on any atom is 0.0785 e. The quantitative estimate of drug-likeness (QED) is 0.455. The van der Waals surface area contributed by atoms with E-state index in [-0.39, 0.29) is 0 Å². The fourth-order valence-electron chi connectivity index (χ4n) is 1.47. The summed E-state index contributed by atoms with van der Waals surface area (Å²) >= 11 is 3.54. The van der Waals surface area contributed by atoms with Crippen LogP contribution in [0.15, 0.2) is 0 Å². The molecule has 1 aliphatic rings. The summed E-state index contributed by atoms with van der Waals surface area (Å²) in [5.41, 5.74) is 0. The summed E-state index contributed by atoms with van der Waals surface area (Å²) in [6, 6.07) is 0. The first-order valence-corrected chi connectivity index (χ1v) is 5.14. The Bertz CT molecular complexity index is 102. The van der Waals surface area contributed by atoms with Gasteiger partial charge in [-0.05, 0) is 5.92 Å². The van der Waals surface area contributed by atoms with Crippen molar-refractivity contribution in [3.8, 4) is 0 Å². The molecule has 0 spiro atoms. The van der Waals surface area contributed by atoms with Crippen LogP contribution in [0.2, 0.25) is 0 Å². The van der Waals surface area contributed by atoms with Gasteiger partial charge in [0.15, 0.2) is 0 Å². The maximum atomic E-state index is 3.54. The number of piperidine rings is 1. The third-order valence-corrected chi connectivity index (χ3v) is 3.42. The molecule has 1 saturated heterocycles. The van der Waals surface area contributed by atoms with Gasteiger partial charge in [0.05, 0.1) is 27.2 Å². The molecule has 1 rings (SSSR count). The molecule has 0 radical (unpaired) electrons. The molecule has 10 heavy (non-hydrogen) atoms. The highest BCUT2D eigenvalue weighted by Gasteiger charge is 2.24. The molecule has 0 atom stereocenters. The van der Waals surface area contributed by atoms with Gasteiger partial charge in [0, 0.05) is 18.2 Å². The average Bonchev–Trinajstić information content (AvgIpc) is 1.88. The van der Waals surface area contributed by atoms with Crippen LogP contribution >= 0.6 is 15.9 Å². The molecule has 0 aromatic rings. The Morgan fingerprint density at radius 2 is 1.80 bits per heavy atom. The molecule has 0 aliphatic carbocycles. The minimum Gasteiger partial charge on any atom is -0.328 e. The van der Waals surface area contributed by atoms with Crippen LogP contribution in [-0.4, -0.2) is 37.0 Å². The number of nitrogens with zero attached hydrogens (tertiary/aromatic N) is 1. The van der Waals surface area contributed by atoms with E-state index in [4.69, 9.17) is 0 Å². The van der Waals surface area contributed by atoms with Gasteiger partial charge in [-0.2, -0.15) is 0 Å². The van der Waals surface area contributed by atoms with Crippen molar-refractivity contribution in [1.82, 2.24) is 0 Å². The van der Waals surface area contributed by atoms with Crippen LogP contribution in [0.5, 0.6) is 0 Å². The molecule has 1 aliphatic heterocycles. The van der Waals surface area contributed by atoms with E-state index in [9.17, 15) is 0 Å². The highest BCUT2D eigenvalue weighted by Crippen LogP contribution is 2.21. The molecule has 0 N–H and O–H groups in total. The Morgan fingerprint density at radius 1 is 1.30 bits per heavy atom. The summed E-state index contributed by atoms with van der Waals surface area (Å²) in [6.45, 7) is 2.71. The number of halogens is 1. The third kappa shape index (κ3) is 2.24. The van der Waals surface area contributed by atoms with E-state index in [1.165, 1.54) is 35.7 Å². The van der Waals surface area contributed by atoms with Gasteiger partial charge in [0.25, 0.3) is 0 Å². The molecule has 2 heteroatoms. The molecule has 0 aromatic heterocycles. The molecule has 0 amide bonds. The number of likely N-dealkylation sites (tertiary alicyclic amines) is 1. The number of hydrogen-bond donors (Lipinski definition) is 0. The summed E-state index contributed by atoms with van der Waals surface area (Å²) in [5, 5.41) is 1.20.